The van der Waals surface area contributed by atoms with Crippen molar-refractivity contribution in [1.82, 2.24) is 4.31 Å². The molecule has 0 saturated heterocycles. The lowest BCUT2D eigenvalue weighted by Crippen LogP contribution is -2.20. The number of hydrogen-bond acceptors (Lipinski definition) is 2. The zero-order valence-electron chi connectivity index (χ0n) is 5.50. The summed E-state index contributed by atoms with van der Waals surface area (Å²) in [5.74, 6) is 0. The Hall–Kier alpha value is -0.740. The quantitative estimate of drug-likeness (QED) is 0.450. The third kappa shape index (κ3) is 2.24. The Balaban J connectivity index is 4.43. The molecule has 0 rings (SSSR count). The first-order valence-corrected chi connectivity index (χ1v) is 3.41. The molecule has 0 aliphatic rings. The highest BCUT2D eigenvalue weighted by molar-refractivity contribution is 7.76. The van der Waals surface area contributed by atoms with Crippen LogP contribution >= 0.6 is 0 Å². The first-order chi connectivity index (χ1) is 4.46. The summed E-state index contributed by atoms with van der Waals surface area (Å²) in [7, 11) is 0. The minimum absolute atomic E-state index is 0.133. The highest BCUT2D eigenvalue weighted by Gasteiger charge is 2.08. The molecule has 0 bridgehead atoms. The fourth-order valence-electron chi connectivity index (χ4n) is 0.434. The Bertz CT molecular complexity index is 155. The number of allylic oxidation sites excluding steroid dienone is 2. The van der Waals surface area contributed by atoms with Gasteiger partial charge in [0.2, 0.25) is 5.70 Å². The van der Waals surface area contributed by atoms with Gasteiger partial charge in [0.1, 0.15) is 0 Å². The number of nitrogens with zero attached hydrogens (tertiary/aromatic N) is 1. The molecule has 0 N–H and O–H groups in total. The van der Waals surface area contributed by atoms with Gasteiger partial charge in [-0.15, -0.1) is 0 Å². The molecule has 1 atom stereocenters. The second kappa shape index (κ2) is 3.43. The lowest BCUT2D eigenvalue weighted by Gasteiger charge is -2.21. The summed E-state index contributed by atoms with van der Waals surface area (Å²) >= 11 is -2.40. The maximum Gasteiger partial charge on any atom is 0.201 e. The lowest BCUT2D eigenvalue weighted by molar-refractivity contribution is 0.484. The molecule has 0 aromatic rings. The van der Waals surface area contributed by atoms with Crippen molar-refractivity contribution in [1.29, 1.82) is 0 Å². The van der Waals surface area contributed by atoms with Crippen LogP contribution in [0.25, 0.3) is 0 Å². The highest BCUT2D eigenvalue weighted by atomic mass is 32.2. The molecule has 0 aromatic heterocycles. The van der Waals surface area contributed by atoms with Crippen LogP contribution in [0.1, 0.15) is 0 Å². The van der Waals surface area contributed by atoms with Gasteiger partial charge in [-0.25, -0.2) is 4.31 Å². The zero-order chi connectivity index (χ0) is 8.31. The summed E-state index contributed by atoms with van der Waals surface area (Å²) in [5, 5.41) is 0. The molecule has 10 heavy (non-hydrogen) atoms. The molecule has 4 heteroatoms. The van der Waals surface area contributed by atoms with Gasteiger partial charge in [0.15, 0.2) is 0 Å². The summed E-state index contributed by atoms with van der Waals surface area (Å²) in [6.45, 7) is 13.3. The van der Waals surface area contributed by atoms with Crippen LogP contribution in [-0.2, 0) is 11.3 Å². The van der Waals surface area contributed by atoms with E-state index in [0.29, 0.717) is 0 Å². The summed E-state index contributed by atoms with van der Waals surface area (Å²) < 4.78 is 21.4. The third-order valence-electron chi connectivity index (χ3n) is 0.723. The maximum absolute atomic E-state index is 10.3. The van der Waals surface area contributed by atoms with Crippen molar-refractivity contribution in [3.63, 3.8) is 0 Å². The predicted molar refractivity (Wildman–Crippen MR) is 39.8 cm³/mol. The zero-order valence-corrected chi connectivity index (χ0v) is 6.32. The van der Waals surface area contributed by atoms with Crippen molar-refractivity contribution in [2.24, 2.45) is 0 Å². The van der Waals surface area contributed by atoms with E-state index in [1.54, 1.807) is 0 Å². The van der Waals surface area contributed by atoms with Gasteiger partial charge in [0.25, 0.3) is 0 Å². The molecule has 55 valence electrons. The minimum Gasteiger partial charge on any atom is -0.755 e. The Morgan fingerprint density at radius 3 is 2.00 bits per heavy atom. The van der Waals surface area contributed by atoms with E-state index in [1.807, 2.05) is 0 Å². The van der Waals surface area contributed by atoms with Crippen LogP contribution in [0.15, 0.2) is 24.6 Å². The fraction of sp³-hybridized carbons (Fsp3) is 0. The third-order valence-corrected chi connectivity index (χ3v) is 1.54. The largest absolute Gasteiger partial charge is 0.755 e. The number of hydrogen-bond donors (Lipinski definition) is 0. The van der Waals surface area contributed by atoms with E-state index in [-0.39, 0.29) is 11.4 Å². The van der Waals surface area contributed by atoms with Gasteiger partial charge in [0, 0.05) is 5.70 Å². The van der Waals surface area contributed by atoms with Crippen LogP contribution in [0, 0.1) is 13.8 Å². The molecule has 0 aromatic carbocycles. The minimum atomic E-state index is -2.40. The highest BCUT2D eigenvalue weighted by Crippen LogP contribution is 2.09. The first kappa shape index (κ1) is 9.26. The van der Waals surface area contributed by atoms with Crippen molar-refractivity contribution < 1.29 is 8.76 Å². The molecule has 0 fully saturated rings. The normalized spacial score (nSPS) is 12.2. The average molecular weight is 158 g/mol. The van der Waals surface area contributed by atoms with Crippen molar-refractivity contribution in [3.8, 4) is 0 Å². The molecule has 3 nitrogen and oxygen atoms in total. The van der Waals surface area contributed by atoms with Crippen LogP contribution in [0.3, 0.4) is 0 Å². The topological polar surface area (TPSA) is 43.4 Å². The van der Waals surface area contributed by atoms with Gasteiger partial charge in [-0.1, -0.05) is 6.58 Å². The molecule has 0 spiro atoms. The van der Waals surface area contributed by atoms with Crippen molar-refractivity contribution >= 4 is 11.3 Å². The molecular formula is C6H8NO2S. The SMILES string of the molecule is [CH2]C(=C)N(C(=C)[CH2+])S(=O)[O-]. The van der Waals surface area contributed by atoms with E-state index in [0.717, 1.165) is 4.31 Å². The van der Waals surface area contributed by atoms with E-state index in [2.05, 4.69) is 27.0 Å². The first-order valence-electron chi connectivity index (χ1n) is 2.38. The Morgan fingerprint density at radius 2 is 2.00 bits per heavy atom. The van der Waals surface area contributed by atoms with Crippen LogP contribution in [0.5, 0.6) is 0 Å². The molecule has 0 saturated carbocycles. The lowest BCUT2D eigenvalue weighted by atomic mass is 10.5. The Kier molecular flexibility index (Phi) is 3.18. The van der Waals surface area contributed by atoms with E-state index < -0.39 is 11.3 Å². The van der Waals surface area contributed by atoms with Crippen LogP contribution in [0.4, 0.5) is 0 Å². The van der Waals surface area contributed by atoms with Crippen LogP contribution < -0.4 is 0 Å². The van der Waals surface area contributed by atoms with E-state index in [1.165, 1.54) is 0 Å². The summed E-state index contributed by atoms with van der Waals surface area (Å²) in [6, 6.07) is 0. The van der Waals surface area contributed by atoms with E-state index in [4.69, 9.17) is 0 Å². The van der Waals surface area contributed by atoms with Gasteiger partial charge in [-0.05, 0) is 6.92 Å². The predicted octanol–water partition coefficient (Wildman–Crippen LogP) is 0.778. The van der Waals surface area contributed by atoms with Gasteiger partial charge in [-0.2, -0.15) is 0 Å². The smallest absolute Gasteiger partial charge is 0.201 e. The standard InChI is InChI=1S/C6H8NO2S/c1-5(2)7(6(3)4)10(8)9/h1-4H2. The summed E-state index contributed by atoms with van der Waals surface area (Å²) in [5.41, 5.74) is 0.265. The molecule has 1 unspecified atom stereocenters. The Labute approximate surface area is 63.5 Å². The van der Waals surface area contributed by atoms with E-state index >= 15 is 0 Å². The van der Waals surface area contributed by atoms with Crippen molar-refractivity contribution in [3.05, 3.63) is 38.4 Å². The van der Waals surface area contributed by atoms with Gasteiger partial charge in [0.05, 0.1) is 24.8 Å². The monoisotopic (exact) mass is 158 g/mol. The second-order valence-corrected chi connectivity index (χ2v) is 2.44. The summed E-state index contributed by atoms with van der Waals surface area (Å²) in [6.07, 6.45) is 0. The maximum atomic E-state index is 10.3. The second-order valence-electron chi connectivity index (χ2n) is 1.64. The van der Waals surface area contributed by atoms with Gasteiger partial charge < -0.3 is 4.55 Å². The molecule has 0 amide bonds. The Morgan fingerprint density at radius 1 is 1.60 bits per heavy atom. The van der Waals surface area contributed by atoms with Crippen LogP contribution in [-0.4, -0.2) is 13.1 Å². The van der Waals surface area contributed by atoms with E-state index in [9.17, 15) is 8.76 Å². The molecule has 1 radical (unpaired) electrons. The summed E-state index contributed by atoms with van der Waals surface area (Å²) in [4.78, 5) is 0. The van der Waals surface area contributed by atoms with Crippen molar-refractivity contribution in [2.45, 2.75) is 0 Å². The molecule has 0 heterocycles. The van der Waals surface area contributed by atoms with Gasteiger partial charge >= 0.3 is 0 Å². The van der Waals surface area contributed by atoms with Gasteiger partial charge in [-0.3, -0.25) is 4.21 Å². The fourth-order valence-corrected chi connectivity index (χ4v) is 0.856. The molecule has 0 aliphatic heterocycles. The average Bonchev–Trinajstić information content (AvgIpc) is 1.59. The molecule has 0 aliphatic carbocycles. The van der Waals surface area contributed by atoms with Crippen molar-refractivity contribution in [2.75, 3.05) is 0 Å². The van der Waals surface area contributed by atoms with Crippen LogP contribution in [0.2, 0.25) is 0 Å². The number of rotatable bonds is 3. The molecular weight excluding hydrogens is 150 g/mol.